The summed E-state index contributed by atoms with van der Waals surface area (Å²) in [6, 6.07) is 2.52. The van der Waals surface area contributed by atoms with E-state index in [9.17, 15) is 31.1 Å². The van der Waals surface area contributed by atoms with Crippen molar-refractivity contribution in [2.24, 2.45) is 0 Å². The predicted octanol–water partition coefficient (Wildman–Crippen LogP) is 3.21. The van der Waals surface area contributed by atoms with E-state index in [1.54, 1.807) is 4.90 Å². The van der Waals surface area contributed by atoms with E-state index in [1.165, 1.54) is 12.3 Å². The van der Waals surface area contributed by atoms with Crippen LogP contribution in [-0.2, 0) is 12.4 Å². The van der Waals surface area contributed by atoms with Gasteiger partial charge in [-0.25, -0.2) is 4.98 Å². The number of benzene rings is 1. The molecule has 35 heavy (non-hydrogen) atoms. The molecule has 188 valence electrons. The van der Waals surface area contributed by atoms with Crippen molar-refractivity contribution in [2.75, 3.05) is 49.5 Å². The Kier molecular flexibility index (Phi) is 6.60. The molecule has 0 bridgehead atoms. The Hall–Kier alpha value is -3.39. The van der Waals surface area contributed by atoms with Crippen molar-refractivity contribution >= 4 is 28.4 Å². The number of H-pyrrole nitrogens is 1. The largest absolute Gasteiger partial charge is 0.416 e. The molecule has 3 N–H and O–H groups in total. The molecular formula is C21H20F6N6O2. The zero-order chi connectivity index (χ0) is 25.4. The monoisotopic (exact) mass is 502 g/mol. The summed E-state index contributed by atoms with van der Waals surface area (Å²) in [5, 5.41) is 11.5. The highest BCUT2D eigenvalue weighted by Gasteiger charge is 2.37. The molecule has 0 amide bonds. The summed E-state index contributed by atoms with van der Waals surface area (Å²) in [7, 11) is 0. The SMILES string of the molecule is O=c1[nH]ccc2nc(N3CCN(CCO)CC3)nc(Nc3cc(C(F)(F)F)cc(C(F)(F)F)c3)c12. The average molecular weight is 502 g/mol. The Morgan fingerprint density at radius 3 is 2.17 bits per heavy atom. The maximum atomic E-state index is 13.3. The second kappa shape index (κ2) is 9.34. The number of fused-ring (bicyclic) bond motifs is 1. The van der Waals surface area contributed by atoms with Crippen molar-refractivity contribution in [1.29, 1.82) is 0 Å². The van der Waals surface area contributed by atoms with Gasteiger partial charge < -0.3 is 20.3 Å². The topological polar surface area (TPSA) is 97.4 Å². The fraction of sp³-hybridized carbons (Fsp3) is 0.381. The lowest BCUT2D eigenvalue weighted by Crippen LogP contribution is -2.47. The number of hydrogen-bond acceptors (Lipinski definition) is 7. The van der Waals surface area contributed by atoms with Crippen LogP contribution in [0.2, 0.25) is 0 Å². The number of β-amino-alcohol motifs (C(OH)–C–C–N with tert-alkyl or cyclic N) is 1. The Morgan fingerprint density at radius 1 is 0.971 bits per heavy atom. The lowest BCUT2D eigenvalue weighted by Gasteiger charge is -2.34. The van der Waals surface area contributed by atoms with Gasteiger partial charge in [0.05, 0.1) is 23.3 Å². The zero-order valence-corrected chi connectivity index (χ0v) is 18.0. The summed E-state index contributed by atoms with van der Waals surface area (Å²) < 4.78 is 79.7. The second-order valence-corrected chi connectivity index (χ2v) is 7.91. The number of pyridine rings is 1. The Labute approximate surface area is 194 Å². The van der Waals surface area contributed by atoms with Crippen LogP contribution in [0, 0.1) is 0 Å². The molecule has 1 aliphatic heterocycles. The summed E-state index contributed by atoms with van der Waals surface area (Å²) in [4.78, 5) is 27.3. The molecule has 0 spiro atoms. The van der Waals surface area contributed by atoms with Gasteiger partial charge >= 0.3 is 12.4 Å². The van der Waals surface area contributed by atoms with Gasteiger partial charge in [-0.1, -0.05) is 0 Å². The van der Waals surface area contributed by atoms with Gasteiger partial charge in [-0.2, -0.15) is 31.3 Å². The standard InChI is InChI=1S/C21H20F6N6O2/c22-20(23,24)12-9-13(21(25,26)27)11-14(10-12)29-17-16-15(1-2-28-18(16)35)30-19(31-17)33-5-3-32(4-6-33)7-8-34/h1-2,9-11,34H,3-8H2,(H,28,35)(H,29,30,31). The number of piperazine rings is 1. The molecule has 1 aromatic carbocycles. The van der Waals surface area contributed by atoms with Crippen molar-refractivity contribution < 1.29 is 31.4 Å². The number of rotatable bonds is 5. The molecule has 2 aromatic heterocycles. The molecule has 3 aromatic rings. The summed E-state index contributed by atoms with van der Waals surface area (Å²) in [5.41, 5.74) is -4.02. The Balaban J connectivity index is 1.77. The molecule has 0 atom stereocenters. The van der Waals surface area contributed by atoms with Crippen LogP contribution in [-0.4, -0.2) is 64.3 Å². The number of aromatic amines is 1. The third kappa shape index (κ3) is 5.48. The molecule has 1 fully saturated rings. The number of hydrogen-bond donors (Lipinski definition) is 3. The van der Waals surface area contributed by atoms with Gasteiger partial charge in [0.2, 0.25) is 5.95 Å². The predicted molar refractivity (Wildman–Crippen MR) is 116 cm³/mol. The van der Waals surface area contributed by atoms with Crippen molar-refractivity contribution in [2.45, 2.75) is 12.4 Å². The van der Waals surface area contributed by atoms with E-state index in [2.05, 4.69) is 20.3 Å². The minimum absolute atomic E-state index is 0.000221. The van der Waals surface area contributed by atoms with Crippen LogP contribution < -0.4 is 15.8 Å². The molecule has 1 saturated heterocycles. The number of nitrogens with zero attached hydrogens (tertiary/aromatic N) is 4. The molecule has 0 aliphatic carbocycles. The maximum absolute atomic E-state index is 13.3. The van der Waals surface area contributed by atoms with E-state index in [-0.39, 0.29) is 35.3 Å². The lowest BCUT2D eigenvalue weighted by molar-refractivity contribution is -0.143. The summed E-state index contributed by atoms with van der Waals surface area (Å²) in [6.07, 6.45) is -8.72. The van der Waals surface area contributed by atoms with Crippen LogP contribution in [0.4, 0.5) is 43.8 Å². The van der Waals surface area contributed by atoms with Crippen molar-refractivity contribution in [1.82, 2.24) is 19.9 Å². The highest BCUT2D eigenvalue weighted by molar-refractivity contribution is 5.91. The summed E-state index contributed by atoms with van der Waals surface area (Å²) >= 11 is 0. The summed E-state index contributed by atoms with van der Waals surface area (Å²) in [6.45, 7) is 2.60. The fourth-order valence-corrected chi connectivity index (χ4v) is 3.79. The van der Waals surface area contributed by atoms with Gasteiger partial charge in [-0.05, 0) is 24.3 Å². The number of alkyl halides is 6. The first-order valence-electron chi connectivity index (χ1n) is 10.5. The summed E-state index contributed by atoms with van der Waals surface area (Å²) in [5.74, 6) is -0.0608. The first-order chi connectivity index (χ1) is 16.5. The molecule has 4 rings (SSSR count). The number of aliphatic hydroxyl groups is 1. The Morgan fingerprint density at radius 2 is 1.60 bits per heavy atom. The van der Waals surface area contributed by atoms with E-state index in [0.717, 1.165) is 0 Å². The lowest BCUT2D eigenvalue weighted by atomic mass is 10.1. The highest BCUT2D eigenvalue weighted by Crippen LogP contribution is 2.38. The molecule has 14 heteroatoms. The first kappa shape index (κ1) is 24.7. The molecule has 1 aliphatic rings. The van der Waals surface area contributed by atoms with E-state index in [1.807, 2.05) is 4.90 Å². The van der Waals surface area contributed by atoms with Crippen LogP contribution in [0.15, 0.2) is 35.3 Å². The van der Waals surface area contributed by atoms with E-state index in [4.69, 9.17) is 5.11 Å². The van der Waals surface area contributed by atoms with Crippen molar-refractivity contribution in [3.63, 3.8) is 0 Å². The smallest absolute Gasteiger partial charge is 0.395 e. The highest BCUT2D eigenvalue weighted by atomic mass is 19.4. The fourth-order valence-electron chi connectivity index (χ4n) is 3.79. The number of aliphatic hydroxyl groups excluding tert-OH is 1. The van der Waals surface area contributed by atoms with Gasteiger partial charge in [0.25, 0.3) is 5.56 Å². The maximum Gasteiger partial charge on any atom is 0.416 e. The molecular weight excluding hydrogens is 482 g/mol. The number of halogens is 6. The molecule has 0 unspecified atom stereocenters. The normalized spacial score (nSPS) is 15.6. The number of aromatic nitrogens is 3. The van der Waals surface area contributed by atoms with Crippen LogP contribution in [0.25, 0.3) is 10.9 Å². The van der Waals surface area contributed by atoms with Gasteiger partial charge in [-0.3, -0.25) is 9.69 Å². The quantitative estimate of drug-likeness (QED) is 0.461. The molecule has 3 heterocycles. The number of nitrogens with one attached hydrogen (secondary N) is 2. The van der Waals surface area contributed by atoms with E-state index < -0.39 is 34.7 Å². The van der Waals surface area contributed by atoms with Crippen LogP contribution in [0.1, 0.15) is 11.1 Å². The van der Waals surface area contributed by atoms with Crippen molar-refractivity contribution in [3.05, 3.63) is 51.9 Å². The number of anilines is 3. The van der Waals surface area contributed by atoms with Gasteiger partial charge in [0, 0.05) is 44.6 Å². The zero-order valence-electron chi connectivity index (χ0n) is 18.0. The van der Waals surface area contributed by atoms with Crippen LogP contribution in [0.5, 0.6) is 0 Å². The molecule has 0 saturated carbocycles. The van der Waals surface area contributed by atoms with E-state index in [0.29, 0.717) is 44.9 Å². The van der Waals surface area contributed by atoms with E-state index >= 15 is 0 Å². The third-order valence-corrected chi connectivity index (χ3v) is 5.53. The first-order valence-corrected chi connectivity index (χ1v) is 10.5. The minimum atomic E-state index is -5.03. The minimum Gasteiger partial charge on any atom is -0.395 e. The van der Waals surface area contributed by atoms with Crippen LogP contribution in [0.3, 0.4) is 0 Å². The average Bonchev–Trinajstić information content (AvgIpc) is 2.78. The van der Waals surface area contributed by atoms with Gasteiger partial charge in [-0.15, -0.1) is 0 Å². The Bertz CT molecular complexity index is 1240. The van der Waals surface area contributed by atoms with Gasteiger partial charge in [0.15, 0.2) is 0 Å². The van der Waals surface area contributed by atoms with Gasteiger partial charge in [0.1, 0.15) is 11.2 Å². The molecule has 0 radical (unpaired) electrons. The van der Waals surface area contributed by atoms with Crippen LogP contribution >= 0.6 is 0 Å². The third-order valence-electron chi connectivity index (χ3n) is 5.53. The molecule has 8 nitrogen and oxygen atoms in total. The van der Waals surface area contributed by atoms with Crippen molar-refractivity contribution in [3.8, 4) is 0 Å². The second-order valence-electron chi connectivity index (χ2n) is 7.91.